The third kappa shape index (κ3) is 6.61. The van der Waals surface area contributed by atoms with Crippen LogP contribution in [0.5, 0.6) is 0 Å². The Hall–Kier alpha value is -3.44. The van der Waals surface area contributed by atoms with Gasteiger partial charge in [0.2, 0.25) is 5.91 Å². The summed E-state index contributed by atoms with van der Waals surface area (Å²) in [6.45, 7) is -0.283. The highest BCUT2D eigenvalue weighted by Gasteiger charge is 2.22. The van der Waals surface area contributed by atoms with Crippen molar-refractivity contribution in [3.8, 4) is 11.3 Å². The van der Waals surface area contributed by atoms with Gasteiger partial charge in [-0.25, -0.2) is 9.37 Å². The number of carbonyl (C=O) groups excluding carboxylic acids is 2. The summed E-state index contributed by atoms with van der Waals surface area (Å²) < 4.78 is 25.1. The summed E-state index contributed by atoms with van der Waals surface area (Å²) in [4.78, 5) is 32.2. The SMILES string of the molecule is C[S+]([O-])c1ccc(N(CC(=O)Nc2ccc(-c3csc(N)n3)cc2)C(=O)c2ccc(F)cc2)cc1.Cl. The zero-order valence-electron chi connectivity index (χ0n) is 19.0. The number of halogens is 2. The van der Waals surface area contributed by atoms with Crippen LogP contribution in [0.3, 0.4) is 0 Å². The van der Waals surface area contributed by atoms with E-state index in [1.54, 1.807) is 42.7 Å². The van der Waals surface area contributed by atoms with Gasteiger partial charge in [-0.05, 0) is 71.8 Å². The lowest BCUT2D eigenvalue weighted by atomic mass is 10.1. The molecule has 1 heterocycles. The molecule has 1 unspecified atom stereocenters. The van der Waals surface area contributed by atoms with E-state index >= 15 is 0 Å². The number of nitrogen functional groups attached to an aromatic ring is 1. The van der Waals surface area contributed by atoms with Gasteiger partial charge in [0.15, 0.2) is 10.0 Å². The summed E-state index contributed by atoms with van der Waals surface area (Å²) >= 11 is 0.158. The average molecular weight is 545 g/mol. The van der Waals surface area contributed by atoms with Crippen molar-refractivity contribution in [1.82, 2.24) is 4.98 Å². The summed E-state index contributed by atoms with van der Waals surface area (Å²) in [5.41, 5.74) is 8.52. The lowest BCUT2D eigenvalue weighted by molar-refractivity contribution is -0.114. The molecule has 2 amide bonds. The van der Waals surface area contributed by atoms with Crippen LogP contribution in [0.2, 0.25) is 0 Å². The van der Waals surface area contributed by atoms with E-state index < -0.39 is 28.8 Å². The molecule has 1 atom stereocenters. The van der Waals surface area contributed by atoms with E-state index in [-0.39, 0.29) is 24.5 Å². The maximum Gasteiger partial charge on any atom is 0.258 e. The van der Waals surface area contributed by atoms with Crippen molar-refractivity contribution in [1.29, 1.82) is 0 Å². The zero-order valence-corrected chi connectivity index (χ0v) is 21.5. The minimum Gasteiger partial charge on any atom is -0.612 e. The number of nitrogens with one attached hydrogen (secondary N) is 1. The fourth-order valence-electron chi connectivity index (χ4n) is 3.34. The maximum atomic E-state index is 13.4. The lowest BCUT2D eigenvalue weighted by Gasteiger charge is -2.23. The van der Waals surface area contributed by atoms with Crippen LogP contribution in [0.15, 0.2) is 83.1 Å². The molecule has 0 bridgehead atoms. The van der Waals surface area contributed by atoms with Crippen LogP contribution in [0, 0.1) is 5.82 Å². The molecule has 4 rings (SSSR count). The molecule has 0 saturated heterocycles. The predicted octanol–water partition coefficient (Wildman–Crippen LogP) is 4.98. The molecule has 1 aromatic heterocycles. The van der Waals surface area contributed by atoms with E-state index in [9.17, 15) is 18.5 Å². The van der Waals surface area contributed by atoms with Crippen LogP contribution in [0.1, 0.15) is 10.4 Å². The monoisotopic (exact) mass is 544 g/mol. The van der Waals surface area contributed by atoms with Gasteiger partial charge in [-0.2, -0.15) is 0 Å². The summed E-state index contributed by atoms with van der Waals surface area (Å²) in [6.07, 6.45) is 1.55. The number of hydrogen-bond donors (Lipinski definition) is 2. The first-order chi connectivity index (χ1) is 16.8. The Morgan fingerprint density at radius 2 is 1.69 bits per heavy atom. The highest BCUT2D eigenvalue weighted by molar-refractivity contribution is 7.90. The van der Waals surface area contributed by atoms with Crippen LogP contribution in [-0.4, -0.2) is 34.2 Å². The first kappa shape index (κ1) is 27.2. The second kappa shape index (κ2) is 12.0. The molecule has 0 saturated carbocycles. The van der Waals surface area contributed by atoms with Gasteiger partial charge in [-0.15, -0.1) is 23.7 Å². The van der Waals surface area contributed by atoms with E-state index in [1.165, 1.54) is 40.5 Å². The summed E-state index contributed by atoms with van der Waals surface area (Å²) in [5, 5.41) is 5.11. The molecule has 4 aromatic rings. The number of thiazole rings is 1. The average Bonchev–Trinajstić information content (AvgIpc) is 3.29. The van der Waals surface area contributed by atoms with Crippen molar-refractivity contribution in [3.63, 3.8) is 0 Å². The minimum absolute atomic E-state index is 0. The van der Waals surface area contributed by atoms with Crippen LogP contribution < -0.4 is 16.0 Å². The molecule has 0 radical (unpaired) electrons. The van der Waals surface area contributed by atoms with Crippen molar-refractivity contribution >= 4 is 63.2 Å². The number of nitrogens with zero attached hydrogens (tertiary/aromatic N) is 2. The minimum atomic E-state index is -1.19. The van der Waals surface area contributed by atoms with E-state index in [0.717, 1.165) is 11.3 Å². The van der Waals surface area contributed by atoms with E-state index in [0.29, 0.717) is 21.4 Å². The first-order valence-electron chi connectivity index (χ1n) is 10.4. The molecule has 7 nitrogen and oxygen atoms in total. The van der Waals surface area contributed by atoms with Gasteiger partial charge in [0.25, 0.3) is 5.91 Å². The molecule has 0 aliphatic heterocycles. The largest absolute Gasteiger partial charge is 0.612 e. The number of aromatic nitrogens is 1. The number of anilines is 3. The number of benzene rings is 3. The second-order valence-corrected chi connectivity index (χ2v) is 9.81. The molecule has 186 valence electrons. The molecule has 0 aliphatic rings. The Balaban J connectivity index is 0.00000361. The van der Waals surface area contributed by atoms with Gasteiger partial charge < -0.3 is 15.6 Å². The van der Waals surface area contributed by atoms with Crippen molar-refractivity contribution in [2.24, 2.45) is 0 Å². The molecule has 0 aliphatic carbocycles. The quantitative estimate of drug-likeness (QED) is 0.319. The normalized spacial score (nSPS) is 11.3. The van der Waals surface area contributed by atoms with Gasteiger partial charge in [0.05, 0.1) is 5.69 Å². The Labute approximate surface area is 220 Å². The number of nitrogens with two attached hydrogens (primary N) is 1. The number of amides is 2. The Morgan fingerprint density at radius 3 is 2.25 bits per heavy atom. The van der Waals surface area contributed by atoms with E-state index in [2.05, 4.69) is 10.3 Å². The molecule has 0 fully saturated rings. The molecule has 3 aromatic carbocycles. The third-order valence-electron chi connectivity index (χ3n) is 5.10. The van der Waals surface area contributed by atoms with Crippen molar-refractivity contribution in [3.05, 3.63) is 89.6 Å². The van der Waals surface area contributed by atoms with E-state index in [4.69, 9.17) is 5.73 Å². The summed E-state index contributed by atoms with van der Waals surface area (Å²) in [5.74, 6) is -1.36. The second-order valence-electron chi connectivity index (χ2n) is 7.54. The van der Waals surface area contributed by atoms with Crippen LogP contribution in [0.25, 0.3) is 11.3 Å². The molecular formula is C25H22ClFN4O3S2. The molecule has 11 heteroatoms. The van der Waals surface area contributed by atoms with Gasteiger partial charge in [-0.1, -0.05) is 12.1 Å². The first-order valence-corrected chi connectivity index (χ1v) is 12.9. The summed E-state index contributed by atoms with van der Waals surface area (Å²) in [6, 6.07) is 18.7. The smallest absolute Gasteiger partial charge is 0.258 e. The van der Waals surface area contributed by atoms with Gasteiger partial charge >= 0.3 is 0 Å². The molecule has 0 spiro atoms. The van der Waals surface area contributed by atoms with Crippen molar-refractivity contribution in [2.45, 2.75) is 4.90 Å². The number of hydrogen-bond acceptors (Lipinski definition) is 6. The number of carbonyl (C=O) groups is 2. The zero-order chi connectivity index (χ0) is 24.9. The fourth-order valence-corrected chi connectivity index (χ4v) is 4.43. The topological polar surface area (TPSA) is 111 Å². The van der Waals surface area contributed by atoms with Crippen LogP contribution >= 0.6 is 23.7 Å². The van der Waals surface area contributed by atoms with Crippen LogP contribution in [-0.2, 0) is 16.0 Å². The Bertz CT molecular complexity index is 1330. The summed E-state index contributed by atoms with van der Waals surface area (Å²) in [7, 11) is 0. The maximum absolute atomic E-state index is 13.4. The van der Waals surface area contributed by atoms with E-state index in [1.807, 2.05) is 17.5 Å². The van der Waals surface area contributed by atoms with Gasteiger partial charge in [-0.3, -0.25) is 14.5 Å². The Kier molecular flexibility index (Phi) is 9.05. The molecular weight excluding hydrogens is 523 g/mol. The highest BCUT2D eigenvalue weighted by Crippen LogP contribution is 2.25. The third-order valence-corrected chi connectivity index (χ3v) is 6.71. The van der Waals surface area contributed by atoms with Gasteiger partial charge in [0.1, 0.15) is 18.6 Å². The van der Waals surface area contributed by atoms with Crippen molar-refractivity contribution in [2.75, 3.05) is 28.8 Å². The Morgan fingerprint density at radius 1 is 1.06 bits per heavy atom. The number of rotatable bonds is 7. The van der Waals surface area contributed by atoms with Crippen LogP contribution in [0.4, 0.5) is 20.9 Å². The lowest BCUT2D eigenvalue weighted by Crippen LogP contribution is -2.38. The molecule has 3 N–H and O–H groups in total. The van der Waals surface area contributed by atoms with Gasteiger partial charge in [0, 0.05) is 27.9 Å². The standard InChI is InChI=1S/C25H21FN4O3S2.ClH/c1-35(33)21-12-10-20(11-13-21)30(24(32)17-2-6-18(26)7-3-17)14-23(31)28-19-8-4-16(5-9-19)22-15-34-25(27)29-22;/h2-13,15H,14H2,1H3,(H2,27,29)(H,28,31);1H. The van der Waals surface area contributed by atoms with Crippen molar-refractivity contribution < 1.29 is 18.5 Å². The highest BCUT2D eigenvalue weighted by atomic mass is 35.5. The predicted molar refractivity (Wildman–Crippen MR) is 145 cm³/mol. The molecule has 36 heavy (non-hydrogen) atoms. The fraction of sp³-hybridized carbons (Fsp3) is 0.0800.